The van der Waals surface area contributed by atoms with E-state index >= 15 is 0 Å². The van der Waals surface area contributed by atoms with Gasteiger partial charge in [0.05, 0.1) is 6.21 Å². The molecule has 0 saturated heterocycles. The SMILES string of the molecule is Cc1cccc(COc2ccccc2/C=N\n2c(-c3ccccc3)n[nH]c2=S)c1. The molecule has 0 fully saturated rings. The monoisotopic (exact) mass is 400 g/mol. The van der Waals surface area contributed by atoms with Gasteiger partial charge in [0.15, 0.2) is 5.82 Å². The van der Waals surface area contributed by atoms with Gasteiger partial charge in [-0.25, -0.2) is 5.10 Å². The fourth-order valence-electron chi connectivity index (χ4n) is 2.97. The third-order valence-electron chi connectivity index (χ3n) is 4.39. The fourth-order valence-corrected chi connectivity index (χ4v) is 3.15. The lowest BCUT2D eigenvalue weighted by molar-refractivity contribution is 0.305. The molecule has 5 nitrogen and oxygen atoms in total. The Hall–Kier alpha value is -3.51. The zero-order valence-electron chi connectivity index (χ0n) is 15.9. The van der Waals surface area contributed by atoms with E-state index in [0.717, 1.165) is 22.4 Å². The molecule has 0 radical (unpaired) electrons. The van der Waals surface area contributed by atoms with Crippen LogP contribution in [0.1, 0.15) is 16.7 Å². The van der Waals surface area contributed by atoms with Crippen LogP contribution in [0.15, 0.2) is 84.0 Å². The Morgan fingerprint density at radius 1 is 1.03 bits per heavy atom. The van der Waals surface area contributed by atoms with E-state index in [2.05, 4.69) is 40.4 Å². The first-order valence-electron chi connectivity index (χ1n) is 9.25. The van der Waals surface area contributed by atoms with Crippen LogP contribution in [0.2, 0.25) is 0 Å². The quantitative estimate of drug-likeness (QED) is 0.349. The Bertz CT molecular complexity index is 1190. The minimum absolute atomic E-state index is 0.429. The van der Waals surface area contributed by atoms with Crippen LogP contribution in [0.5, 0.6) is 5.75 Å². The summed E-state index contributed by atoms with van der Waals surface area (Å²) in [6.45, 7) is 2.57. The average Bonchev–Trinajstić information content (AvgIpc) is 3.12. The van der Waals surface area contributed by atoms with Gasteiger partial charge in [0.1, 0.15) is 12.4 Å². The first-order valence-corrected chi connectivity index (χ1v) is 9.66. The summed E-state index contributed by atoms with van der Waals surface area (Å²) in [5.41, 5.74) is 4.13. The number of nitrogens with zero attached hydrogens (tertiary/aromatic N) is 3. The van der Waals surface area contributed by atoms with Crippen molar-refractivity contribution in [1.29, 1.82) is 0 Å². The number of ether oxygens (including phenoxy) is 1. The molecule has 1 N–H and O–H groups in total. The first kappa shape index (κ1) is 18.8. The fraction of sp³-hybridized carbons (Fsp3) is 0.0870. The lowest BCUT2D eigenvalue weighted by atomic mass is 10.1. The van der Waals surface area contributed by atoms with E-state index < -0.39 is 0 Å². The number of aromatic nitrogens is 3. The second kappa shape index (κ2) is 8.67. The van der Waals surface area contributed by atoms with Crippen molar-refractivity contribution in [2.75, 3.05) is 0 Å². The summed E-state index contributed by atoms with van der Waals surface area (Å²) in [5, 5.41) is 11.7. The zero-order chi connectivity index (χ0) is 20.1. The van der Waals surface area contributed by atoms with Crippen molar-refractivity contribution in [1.82, 2.24) is 14.9 Å². The summed E-state index contributed by atoms with van der Waals surface area (Å²) in [4.78, 5) is 0. The maximum atomic E-state index is 6.04. The second-order valence-electron chi connectivity index (χ2n) is 6.59. The molecule has 0 aliphatic heterocycles. The van der Waals surface area contributed by atoms with Crippen LogP contribution in [0.4, 0.5) is 0 Å². The van der Waals surface area contributed by atoms with E-state index in [1.165, 1.54) is 5.56 Å². The molecule has 144 valence electrons. The first-order chi connectivity index (χ1) is 14.2. The molecule has 0 aliphatic rings. The highest BCUT2D eigenvalue weighted by atomic mass is 32.1. The largest absolute Gasteiger partial charge is 0.488 e. The molecule has 1 heterocycles. The lowest BCUT2D eigenvalue weighted by Crippen LogP contribution is -2.00. The molecular formula is C23H20N4OS. The van der Waals surface area contributed by atoms with Crippen LogP contribution in [0.25, 0.3) is 11.4 Å². The maximum Gasteiger partial charge on any atom is 0.216 e. The molecular weight excluding hydrogens is 380 g/mol. The smallest absolute Gasteiger partial charge is 0.216 e. The summed E-state index contributed by atoms with van der Waals surface area (Å²) in [5.74, 6) is 1.42. The van der Waals surface area contributed by atoms with Crippen molar-refractivity contribution in [3.8, 4) is 17.1 Å². The van der Waals surface area contributed by atoms with E-state index in [4.69, 9.17) is 17.0 Å². The number of hydrogen-bond acceptors (Lipinski definition) is 4. The van der Waals surface area contributed by atoms with Crippen molar-refractivity contribution in [2.45, 2.75) is 13.5 Å². The van der Waals surface area contributed by atoms with Gasteiger partial charge in [-0.3, -0.25) is 0 Å². The molecule has 1 aromatic heterocycles. The van der Waals surface area contributed by atoms with Crippen molar-refractivity contribution >= 4 is 18.4 Å². The minimum Gasteiger partial charge on any atom is -0.488 e. The normalized spacial score (nSPS) is 11.1. The number of aromatic amines is 1. The van der Waals surface area contributed by atoms with Gasteiger partial charge in [0.2, 0.25) is 4.77 Å². The molecule has 0 spiro atoms. The van der Waals surface area contributed by atoms with Crippen molar-refractivity contribution in [3.05, 3.63) is 100 Å². The van der Waals surface area contributed by atoms with Gasteiger partial charge in [-0.2, -0.15) is 14.9 Å². The van der Waals surface area contributed by atoms with Crippen LogP contribution in [-0.4, -0.2) is 21.1 Å². The molecule has 3 aromatic carbocycles. The third kappa shape index (κ3) is 4.50. The minimum atomic E-state index is 0.429. The van der Waals surface area contributed by atoms with Crippen LogP contribution in [-0.2, 0) is 6.61 Å². The van der Waals surface area contributed by atoms with Crippen LogP contribution < -0.4 is 4.74 Å². The predicted octanol–water partition coefficient (Wildman–Crippen LogP) is 5.38. The zero-order valence-corrected chi connectivity index (χ0v) is 16.8. The van der Waals surface area contributed by atoms with Crippen molar-refractivity contribution < 1.29 is 4.74 Å². The molecule has 4 aromatic rings. The highest BCUT2D eigenvalue weighted by Crippen LogP contribution is 2.20. The molecule has 6 heteroatoms. The Labute approximate surface area is 174 Å². The number of aryl methyl sites for hydroxylation is 1. The maximum absolute atomic E-state index is 6.04. The topological polar surface area (TPSA) is 55.2 Å². The molecule has 4 rings (SSSR count). The van der Waals surface area contributed by atoms with E-state index in [9.17, 15) is 0 Å². The van der Waals surface area contributed by atoms with Gasteiger partial charge in [0, 0.05) is 11.1 Å². The molecule has 29 heavy (non-hydrogen) atoms. The number of nitrogens with one attached hydrogen (secondary N) is 1. The molecule has 0 unspecified atom stereocenters. The van der Waals surface area contributed by atoms with Crippen LogP contribution in [0, 0.1) is 11.7 Å². The third-order valence-corrected chi connectivity index (χ3v) is 4.65. The number of rotatable bonds is 6. The Balaban J connectivity index is 1.59. The van der Waals surface area contributed by atoms with E-state index in [1.54, 1.807) is 10.9 Å². The highest BCUT2D eigenvalue weighted by Gasteiger charge is 2.08. The summed E-state index contributed by atoms with van der Waals surface area (Å²) in [6.07, 6.45) is 1.74. The van der Waals surface area contributed by atoms with Crippen molar-refractivity contribution in [3.63, 3.8) is 0 Å². The van der Waals surface area contributed by atoms with E-state index in [-0.39, 0.29) is 0 Å². The average molecular weight is 401 g/mol. The number of para-hydroxylation sites is 1. The Kier molecular flexibility index (Phi) is 5.63. The Morgan fingerprint density at radius 3 is 2.66 bits per heavy atom. The van der Waals surface area contributed by atoms with E-state index in [0.29, 0.717) is 17.2 Å². The summed E-state index contributed by atoms with van der Waals surface area (Å²) >= 11 is 5.35. The van der Waals surface area contributed by atoms with E-state index in [1.807, 2.05) is 60.7 Å². The predicted molar refractivity (Wildman–Crippen MR) is 118 cm³/mol. The highest BCUT2D eigenvalue weighted by molar-refractivity contribution is 7.71. The van der Waals surface area contributed by atoms with Crippen LogP contribution in [0.3, 0.4) is 0 Å². The van der Waals surface area contributed by atoms with Crippen LogP contribution >= 0.6 is 12.2 Å². The lowest BCUT2D eigenvalue weighted by Gasteiger charge is -2.09. The number of benzene rings is 3. The summed E-state index contributed by atoms with van der Waals surface area (Å²) < 4.78 is 8.09. The second-order valence-corrected chi connectivity index (χ2v) is 6.98. The molecule has 0 aliphatic carbocycles. The number of hydrogen-bond donors (Lipinski definition) is 1. The standard InChI is InChI=1S/C23H20N4OS/c1-17-8-7-9-18(14-17)16-28-21-13-6-5-12-20(21)15-24-27-22(25-26-23(27)29)19-10-3-2-4-11-19/h2-15H,16H2,1H3,(H,26,29)/b24-15-. The molecule has 0 bridgehead atoms. The Morgan fingerprint density at radius 2 is 1.83 bits per heavy atom. The van der Waals surface area contributed by atoms with Gasteiger partial charge in [-0.1, -0.05) is 72.3 Å². The molecule has 0 atom stereocenters. The van der Waals surface area contributed by atoms with Gasteiger partial charge in [-0.15, -0.1) is 0 Å². The van der Waals surface area contributed by atoms with Gasteiger partial charge in [0.25, 0.3) is 0 Å². The molecule has 0 saturated carbocycles. The molecule has 0 amide bonds. The number of H-pyrrole nitrogens is 1. The van der Waals surface area contributed by atoms with Crippen molar-refractivity contribution in [2.24, 2.45) is 5.10 Å². The summed E-state index contributed by atoms with van der Waals surface area (Å²) in [7, 11) is 0. The van der Waals surface area contributed by atoms with Gasteiger partial charge in [-0.05, 0) is 36.8 Å². The summed E-state index contributed by atoms with van der Waals surface area (Å²) in [6, 6.07) is 25.9. The van der Waals surface area contributed by atoms with Gasteiger partial charge < -0.3 is 4.74 Å². The van der Waals surface area contributed by atoms with Gasteiger partial charge >= 0.3 is 0 Å².